The lowest BCUT2D eigenvalue weighted by atomic mass is 10.1. The minimum Gasteiger partial charge on any atom is -0.247 e. The van der Waals surface area contributed by atoms with Gasteiger partial charge in [0.15, 0.2) is 0 Å². The minimum absolute atomic E-state index is 0.166. The summed E-state index contributed by atoms with van der Waals surface area (Å²) in [7, 11) is 0. The second-order valence-electron chi connectivity index (χ2n) is 3.78. The highest BCUT2D eigenvalue weighted by Gasteiger charge is 2.12. The summed E-state index contributed by atoms with van der Waals surface area (Å²) >= 11 is 3.37. The van der Waals surface area contributed by atoms with E-state index in [9.17, 15) is 8.78 Å². The number of nitrogens with zero attached hydrogens (tertiary/aromatic N) is 1. The van der Waals surface area contributed by atoms with Crippen LogP contribution in [0.15, 0.2) is 22.7 Å². The van der Waals surface area contributed by atoms with E-state index >= 15 is 0 Å². The van der Waals surface area contributed by atoms with Crippen LogP contribution in [0.2, 0.25) is 0 Å². The van der Waals surface area contributed by atoms with Crippen molar-refractivity contribution in [3.8, 4) is 0 Å². The van der Waals surface area contributed by atoms with Crippen LogP contribution in [-0.2, 0) is 0 Å². The van der Waals surface area contributed by atoms with Crippen LogP contribution in [0.25, 0.3) is 10.9 Å². The molecule has 0 aliphatic heterocycles. The van der Waals surface area contributed by atoms with E-state index in [1.165, 1.54) is 6.07 Å². The molecule has 1 aromatic heterocycles. The Balaban J connectivity index is 2.77. The Hall–Kier alpha value is -1.03. The summed E-state index contributed by atoms with van der Waals surface area (Å²) in [5.41, 5.74) is 2.34. The zero-order valence-electron chi connectivity index (χ0n) is 8.89. The number of pyridine rings is 1. The Morgan fingerprint density at radius 3 is 2.44 bits per heavy atom. The van der Waals surface area contributed by atoms with E-state index in [1.807, 2.05) is 19.9 Å². The lowest BCUT2D eigenvalue weighted by molar-refractivity contribution is 0.146. The molecule has 0 saturated heterocycles. The van der Waals surface area contributed by atoms with E-state index in [4.69, 9.17) is 0 Å². The molecule has 2 aromatic rings. The van der Waals surface area contributed by atoms with Crippen LogP contribution in [0, 0.1) is 13.8 Å². The van der Waals surface area contributed by atoms with Crippen molar-refractivity contribution in [2.75, 3.05) is 0 Å². The van der Waals surface area contributed by atoms with Gasteiger partial charge in [-0.25, -0.2) is 13.8 Å². The molecule has 1 nitrogen and oxygen atoms in total. The van der Waals surface area contributed by atoms with E-state index in [1.54, 1.807) is 6.07 Å². The Bertz CT molecular complexity index is 552. The standard InChI is InChI=1S/C12H10BrF2N/c1-6-4-11(12(14)15)16-10-5-9(13)7(2)3-8(6)10/h3-5,12H,1-2H3. The maximum absolute atomic E-state index is 12.6. The highest BCUT2D eigenvalue weighted by molar-refractivity contribution is 9.10. The van der Waals surface area contributed by atoms with Crippen molar-refractivity contribution in [2.45, 2.75) is 20.3 Å². The molecule has 0 aliphatic carbocycles. The van der Waals surface area contributed by atoms with Crippen molar-refractivity contribution < 1.29 is 8.78 Å². The SMILES string of the molecule is Cc1cc2c(C)cc(C(F)F)nc2cc1Br. The smallest absolute Gasteiger partial charge is 0.247 e. The first kappa shape index (κ1) is 11.5. The zero-order valence-corrected chi connectivity index (χ0v) is 10.5. The Kier molecular flexibility index (Phi) is 2.93. The molecule has 0 bridgehead atoms. The van der Waals surface area contributed by atoms with Gasteiger partial charge < -0.3 is 0 Å². The first-order valence-corrected chi connectivity index (χ1v) is 5.64. The molecule has 0 saturated carbocycles. The normalized spacial score (nSPS) is 11.4. The van der Waals surface area contributed by atoms with E-state index < -0.39 is 6.43 Å². The molecule has 1 heterocycles. The van der Waals surface area contributed by atoms with Gasteiger partial charge in [-0.1, -0.05) is 15.9 Å². The quantitative estimate of drug-likeness (QED) is 0.749. The predicted octanol–water partition coefficient (Wildman–Crippen LogP) is 4.55. The van der Waals surface area contributed by atoms with Crippen LogP contribution >= 0.6 is 15.9 Å². The maximum Gasteiger partial charge on any atom is 0.280 e. The number of hydrogen-bond donors (Lipinski definition) is 0. The van der Waals surface area contributed by atoms with Crippen molar-refractivity contribution in [1.29, 1.82) is 0 Å². The molecular formula is C12H10BrF2N. The summed E-state index contributed by atoms with van der Waals surface area (Å²) in [5.74, 6) is 0. The molecular weight excluding hydrogens is 276 g/mol. The summed E-state index contributed by atoms with van der Waals surface area (Å²) in [6.45, 7) is 3.78. The molecule has 0 fully saturated rings. The highest BCUT2D eigenvalue weighted by Crippen LogP contribution is 2.28. The van der Waals surface area contributed by atoms with Crippen LogP contribution in [0.1, 0.15) is 23.2 Å². The van der Waals surface area contributed by atoms with Crippen molar-refractivity contribution in [3.63, 3.8) is 0 Å². The van der Waals surface area contributed by atoms with Gasteiger partial charge in [-0.3, -0.25) is 0 Å². The fraction of sp³-hybridized carbons (Fsp3) is 0.250. The van der Waals surface area contributed by atoms with Crippen LogP contribution in [0.5, 0.6) is 0 Å². The summed E-state index contributed by atoms with van der Waals surface area (Å²) in [6, 6.07) is 5.18. The molecule has 0 unspecified atom stereocenters. The molecule has 84 valence electrons. The van der Waals surface area contributed by atoms with E-state index in [-0.39, 0.29) is 5.69 Å². The Morgan fingerprint density at radius 2 is 1.81 bits per heavy atom. The molecule has 0 aliphatic rings. The second kappa shape index (κ2) is 4.09. The molecule has 16 heavy (non-hydrogen) atoms. The van der Waals surface area contributed by atoms with Crippen LogP contribution in [0.4, 0.5) is 8.78 Å². The highest BCUT2D eigenvalue weighted by atomic mass is 79.9. The number of benzene rings is 1. The summed E-state index contributed by atoms with van der Waals surface area (Å²) in [4.78, 5) is 3.96. The molecule has 0 spiro atoms. The first-order valence-electron chi connectivity index (χ1n) is 4.84. The number of halogens is 3. The van der Waals surface area contributed by atoms with Gasteiger partial charge in [-0.15, -0.1) is 0 Å². The van der Waals surface area contributed by atoms with Crippen LogP contribution in [0.3, 0.4) is 0 Å². The lowest BCUT2D eigenvalue weighted by Crippen LogP contribution is -1.94. The van der Waals surface area contributed by atoms with Gasteiger partial charge in [0, 0.05) is 9.86 Å². The van der Waals surface area contributed by atoms with E-state index in [0.717, 1.165) is 21.0 Å². The number of fused-ring (bicyclic) bond motifs is 1. The number of hydrogen-bond acceptors (Lipinski definition) is 1. The number of aryl methyl sites for hydroxylation is 2. The average Bonchev–Trinajstić information content (AvgIpc) is 2.20. The van der Waals surface area contributed by atoms with Crippen molar-refractivity contribution >= 4 is 26.8 Å². The van der Waals surface area contributed by atoms with Crippen molar-refractivity contribution in [2.24, 2.45) is 0 Å². The zero-order chi connectivity index (χ0) is 11.9. The Labute approximate surface area is 101 Å². The number of alkyl halides is 2. The van der Waals surface area contributed by atoms with Crippen LogP contribution in [-0.4, -0.2) is 4.98 Å². The van der Waals surface area contributed by atoms with Crippen molar-refractivity contribution in [3.05, 3.63) is 39.5 Å². The van der Waals surface area contributed by atoms with E-state index in [0.29, 0.717) is 5.52 Å². The average molecular weight is 286 g/mol. The summed E-state index contributed by atoms with van der Waals surface area (Å²) in [5, 5.41) is 0.921. The molecule has 0 N–H and O–H groups in total. The molecule has 2 rings (SSSR count). The maximum atomic E-state index is 12.6. The van der Waals surface area contributed by atoms with Gasteiger partial charge in [0.1, 0.15) is 5.69 Å². The van der Waals surface area contributed by atoms with Gasteiger partial charge in [0.25, 0.3) is 6.43 Å². The fourth-order valence-electron chi connectivity index (χ4n) is 1.66. The summed E-state index contributed by atoms with van der Waals surface area (Å²) < 4.78 is 26.0. The molecule has 0 atom stereocenters. The second-order valence-corrected chi connectivity index (χ2v) is 4.64. The molecule has 1 aromatic carbocycles. The largest absolute Gasteiger partial charge is 0.280 e. The molecule has 0 radical (unpaired) electrons. The monoisotopic (exact) mass is 285 g/mol. The molecule has 4 heteroatoms. The third-order valence-electron chi connectivity index (χ3n) is 2.54. The number of aromatic nitrogens is 1. The van der Waals surface area contributed by atoms with Crippen molar-refractivity contribution in [1.82, 2.24) is 4.98 Å². The third kappa shape index (κ3) is 1.94. The minimum atomic E-state index is -2.52. The summed E-state index contributed by atoms with van der Waals surface area (Å²) in [6.07, 6.45) is -2.52. The van der Waals surface area contributed by atoms with Gasteiger partial charge in [0.05, 0.1) is 5.52 Å². The van der Waals surface area contributed by atoms with Gasteiger partial charge in [-0.2, -0.15) is 0 Å². The fourth-order valence-corrected chi connectivity index (χ4v) is 1.99. The van der Waals surface area contributed by atoms with Gasteiger partial charge >= 0.3 is 0 Å². The van der Waals surface area contributed by atoms with Gasteiger partial charge in [0.2, 0.25) is 0 Å². The topological polar surface area (TPSA) is 12.9 Å². The Morgan fingerprint density at radius 1 is 1.12 bits per heavy atom. The predicted molar refractivity (Wildman–Crippen MR) is 63.9 cm³/mol. The third-order valence-corrected chi connectivity index (χ3v) is 3.39. The lowest BCUT2D eigenvalue weighted by Gasteiger charge is -2.08. The number of rotatable bonds is 1. The van der Waals surface area contributed by atoms with Crippen LogP contribution < -0.4 is 0 Å². The molecule has 0 amide bonds. The van der Waals surface area contributed by atoms with Gasteiger partial charge in [-0.05, 0) is 43.2 Å². The van der Waals surface area contributed by atoms with E-state index in [2.05, 4.69) is 20.9 Å². The first-order chi connectivity index (χ1) is 7.49.